The van der Waals surface area contributed by atoms with Gasteiger partial charge < -0.3 is 67.3 Å². The van der Waals surface area contributed by atoms with E-state index in [1.165, 1.54) is 25.7 Å². The summed E-state index contributed by atoms with van der Waals surface area (Å²) in [6, 6.07) is 0. The highest BCUT2D eigenvalue weighted by atomic mass is 16.6. The zero-order valence-electron chi connectivity index (χ0n) is 31.1. The number of ether oxygens (including phenoxy) is 13. The molecule has 300 valence electrons. The predicted octanol–water partition coefficient (Wildman–Crippen LogP) is 2.44. The summed E-state index contributed by atoms with van der Waals surface area (Å²) >= 11 is 0. The molecule has 0 spiro atoms. The largest absolute Gasteiger partial charge is 0.463 e. The minimum atomic E-state index is -0.145. The van der Waals surface area contributed by atoms with Crippen LogP contribution in [0.25, 0.3) is 0 Å². The molecule has 15 heteroatoms. The van der Waals surface area contributed by atoms with Crippen LogP contribution in [0.15, 0.2) is 0 Å². The lowest BCUT2D eigenvalue weighted by Crippen LogP contribution is -2.16. The third-order valence-electron chi connectivity index (χ3n) is 6.58. The Bertz CT molecular complexity index is 638. The normalized spacial score (nSPS) is 11.5. The lowest BCUT2D eigenvalue weighted by Gasteiger charge is -2.09. The van der Waals surface area contributed by atoms with E-state index in [1.807, 2.05) is 0 Å². The molecule has 0 saturated heterocycles. The van der Waals surface area contributed by atoms with Crippen molar-refractivity contribution in [2.24, 2.45) is 5.73 Å². The fraction of sp³-hybridized carbons (Fsp3) is 0.971. The van der Waals surface area contributed by atoms with Gasteiger partial charge in [-0.1, -0.05) is 39.0 Å². The average molecular weight is 730 g/mol. The van der Waals surface area contributed by atoms with Gasteiger partial charge >= 0.3 is 5.97 Å². The van der Waals surface area contributed by atoms with Gasteiger partial charge in [0.25, 0.3) is 0 Å². The molecule has 0 radical (unpaired) electrons. The fourth-order valence-electron chi connectivity index (χ4n) is 3.94. The maximum Gasteiger partial charge on any atom is 0.305 e. The predicted molar refractivity (Wildman–Crippen MR) is 188 cm³/mol. The Kier molecular flexibility index (Phi) is 45.0. The summed E-state index contributed by atoms with van der Waals surface area (Å²) < 4.78 is 70.4. The molecule has 0 heterocycles. The van der Waals surface area contributed by atoms with Crippen molar-refractivity contribution < 1.29 is 66.4 Å². The number of hydrogen-bond donors (Lipinski definition) is 1. The second kappa shape index (κ2) is 46.0. The van der Waals surface area contributed by atoms with Gasteiger partial charge in [-0.25, -0.2) is 0 Å². The maximum absolute atomic E-state index is 11.7. The van der Waals surface area contributed by atoms with E-state index < -0.39 is 0 Å². The molecule has 0 amide bonds. The Labute approximate surface area is 301 Å². The van der Waals surface area contributed by atoms with E-state index >= 15 is 0 Å². The molecule has 0 unspecified atom stereocenters. The van der Waals surface area contributed by atoms with Crippen LogP contribution in [0.5, 0.6) is 0 Å². The van der Waals surface area contributed by atoms with Crippen LogP contribution in [0, 0.1) is 0 Å². The summed E-state index contributed by atoms with van der Waals surface area (Å²) in [6.07, 6.45) is 7.41. The van der Waals surface area contributed by atoms with Crippen LogP contribution in [0.4, 0.5) is 0 Å². The molecular formula is C35H71NO14. The van der Waals surface area contributed by atoms with Gasteiger partial charge in [0.15, 0.2) is 0 Å². The van der Waals surface area contributed by atoms with Crippen LogP contribution >= 0.6 is 0 Å². The van der Waals surface area contributed by atoms with Crippen molar-refractivity contribution in [1.29, 1.82) is 0 Å². The third kappa shape index (κ3) is 45.0. The summed E-state index contributed by atoms with van der Waals surface area (Å²) in [6.45, 7) is 15.0. The molecule has 0 aliphatic carbocycles. The molecular weight excluding hydrogens is 658 g/mol. The molecule has 2 N–H and O–H groups in total. The molecule has 0 atom stereocenters. The van der Waals surface area contributed by atoms with E-state index in [0.717, 1.165) is 12.8 Å². The number of carbonyl (C=O) groups excluding carboxylic acids is 1. The number of nitrogens with two attached hydrogens (primary N) is 1. The monoisotopic (exact) mass is 729 g/mol. The van der Waals surface area contributed by atoms with Crippen molar-refractivity contribution in [2.45, 2.75) is 51.9 Å². The number of unbranched alkanes of at least 4 members (excludes halogenated alkanes) is 5. The highest BCUT2D eigenvalue weighted by Gasteiger charge is 2.03. The van der Waals surface area contributed by atoms with E-state index in [0.29, 0.717) is 172 Å². The van der Waals surface area contributed by atoms with Crippen molar-refractivity contribution in [3.05, 3.63) is 0 Å². The first-order chi connectivity index (χ1) is 24.8. The summed E-state index contributed by atoms with van der Waals surface area (Å²) in [7, 11) is 0. The Morgan fingerprint density at radius 1 is 0.340 bits per heavy atom. The van der Waals surface area contributed by atoms with E-state index in [2.05, 4.69) is 6.92 Å². The van der Waals surface area contributed by atoms with Gasteiger partial charge in [-0.3, -0.25) is 4.79 Å². The molecule has 0 aliphatic heterocycles. The van der Waals surface area contributed by atoms with E-state index in [1.54, 1.807) is 0 Å². The number of carbonyl (C=O) groups is 1. The highest BCUT2D eigenvalue weighted by Crippen LogP contribution is 2.07. The molecule has 15 nitrogen and oxygen atoms in total. The quantitative estimate of drug-likeness (QED) is 0.0718. The van der Waals surface area contributed by atoms with Gasteiger partial charge in [0.1, 0.15) is 6.61 Å². The Hall–Kier alpha value is -1.05. The standard InChI is InChI=1S/C35H71NO14/c1-2-3-4-5-6-7-8-35(37)50-34-33-49-32-31-48-30-29-47-28-27-46-26-25-45-24-23-44-22-21-43-20-19-42-18-17-41-16-15-40-14-13-39-12-11-38-10-9-36/h2-34,36H2,1H3. The van der Waals surface area contributed by atoms with Gasteiger partial charge in [-0.2, -0.15) is 0 Å². The topological polar surface area (TPSA) is 163 Å². The van der Waals surface area contributed by atoms with Crippen molar-refractivity contribution in [3.8, 4) is 0 Å². The Morgan fingerprint density at radius 3 is 0.860 bits per heavy atom. The van der Waals surface area contributed by atoms with Gasteiger partial charge in [0.05, 0.1) is 159 Å². The number of esters is 1. The van der Waals surface area contributed by atoms with Crippen LogP contribution in [0.1, 0.15) is 51.9 Å². The van der Waals surface area contributed by atoms with Crippen LogP contribution in [-0.4, -0.2) is 178 Å². The van der Waals surface area contributed by atoms with Crippen molar-refractivity contribution in [1.82, 2.24) is 0 Å². The van der Waals surface area contributed by atoms with Crippen molar-refractivity contribution in [3.63, 3.8) is 0 Å². The second-order valence-corrected chi connectivity index (χ2v) is 10.9. The van der Waals surface area contributed by atoms with Crippen LogP contribution < -0.4 is 5.73 Å². The molecule has 0 aromatic carbocycles. The Balaban J connectivity index is 3.09. The first-order valence-corrected chi connectivity index (χ1v) is 18.6. The van der Waals surface area contributed by atoms with Crippen LogP contribution in [-0.2, 0) is 66.4 Å². The molecule has 0 rings (SSSR count). The minimum Gasteiger partial charge on any atom is -0.463 e. The molecule has 0 saturated carbocycles. The summed E-state index contributed by atoms with van der Waals surface area (Å²) in [5.41, 5.74) is 5.33. The van der Waals surface area contributed by atoms with E-state index in [9.17, 15) is 4.79 Å². The summed E-state index contributed by atoms with van der Waals surface area (Å²) in [5, 5.41) is 0. The molecule has 0 bridgehead atoms. The maximum atomic E-state index is 11.7. The van der Waals surface area contributed by atoms with E-state index in [-0.39, 0.29) is 12.6 Å². The first-order valence-electron chi connectivity index (χ1n) is 18.6. The minimum absolute atomic E-state index is 0.145. The first kappa shape index (κ1) is 49.0. The van der Waals surface area contributed by atoms with Crippen molar-refractivity contribution >= 4 is 5.97 Å². The lowest BCUT2D eigenvalue weighted by atomic mass is 10.1. The highest BCUT2D eigenvalue weighted by molar-refractivity contribution is 5.69. The van der Waals surface area contributed by atoms with Crippen LogP contribution in [0.2, 0.25) is 0 Å². The molecule has 0 aromatic heterocycles. The van der Waals surface area contributed by atoms with Gasteiger partial charge in [-0.15, -0.1) is 0 Å². The lowest BCUT2D eigenvalue weighted by molar-refractivity contribution is -0.145. The molecule has 50 heavy (non-hydrogen) atoms. The zero-order chi connectivity index (χ0) is 36.1. The molecule has 0 aromatic rings. The van der Waals surface area contributed by atoms with Crippen LogP contribution in [0.3, 0.4) is 0 Å². The molecule has 0 fully saturated rings. The third-order valence-corrected chi connectivity index (χ3v) is 6.58. The SMILES string of the molecule is CCCCCCCCC(=O)OCCOCCOCCOCCOCCOCCOCCOCCOCCOCCOCCOCCOCCN. The van der Waals surface area contributed by atoms with Crippen molar-refractivity contribution in [2.75, 3.05) is 172 Å². The van der Waals surface area contributed by atoms with Gasteiger partial charge in [0, 0.05) is 13.0 Å². The van der Waals surface area contributed by atoms with Gasteiger partial charge in [0.2, 0.25) is 0 Å². The average Bonchev–Trinajstić information content (AvgIpc) is 3.12. The number of rotatable bonds is 45. The second-order valence-electron chi connectivity index (χ2n) is 10.9. The summed E-state index contributed by atoms with van der Waals surface area (Å²) in [5.74, 6) is -0.145. The van der Waals surface area contributed by atoms with E-state index in [4.69, 9.17) is 67.3 Å². The smallest absolute Gasteiger partial charge is 0.305 e. The van der Waals surface area contributed by atoms with Gasteiger partial charge in [-0.05, 0) is 6.42 Å². The summed E-state index contributed by atoms with van der Waals surface area (Å²) in [4.78, 5) is 11.7. The molecule has 0 aliphatic rings. The zero-order valence-corrected chi connectivity index (χ0v) is 31.1. The fourth-order valence-corrected chi connectivity index (χ4v) is 3.94. The Morgan fingerprint density at radius 2 is 0.580 bits per heavy atom. The number of hydrogen-bond acceptors (Lipinski definition) is 15.